The summed E-state index contributed by atoms with van der Waals surface area (Å²) in [6, 6.07) is 13.5. The Hall–Kier alpha value is -5.29. The number of hydrogen-bond donors (Lipinski definition) is 5. The van der Waals surface area contributed by atoms with E-state index in [2.05, 4.69) is 38.4 Å². The molecule has 9 rings (SSSR count). The van der Waals surface area contributed by atoms with E-state index in [0.717, 1.165) is 24.8 Å². The fourth-order valence-corrected chi connectivity index (χ4v) is 11.8. The van der Waals surface area contributed by atoms with Crippen molar-refractivity contribution in [2.24, 2.45) is 5.92 Å². The maximum Gasteiger partial charge on any atom is 0.255 e. The summed E-state index contributed by atoms with van der Waals surface area (Å²) in [5.41, 5.74) is 1.31. The van der Waals surface area contributed by atoms with E-state index in [1.54, 1.807) is 36.4 Å². The number of nitrogens with zero attached hydrogens (tertiary/aromatic N) is 1. The molecule has 12 nitrogen and oxygen atoms in total. The molecule has 0 aromatic heterocycles. The summed E-state index contributed by atoms with van der Waals surface area (Å²) in [4.78, 5) is 81.3. The van der Waals surface area contributed by atoms with Crippen LogP contribution < -0.4 is 26.6 Å². The number of hydrogen-bond acceptors (Lipinski definition) is 7. The number of fused-ring (bicyclic) bond motifs is 4. The molecule has 328 valence electrons. The number of imide groups is 1. The number of halogens is 3. The molecule has 4 aliphatic heterocycles. The zero-order valence-electron chi connectivity index (χ0n) is 34.7. The highest BCUT2D eigenvalue weighted by Crippen LogP contribution is 2.63. The summed E-state index contributed by atoms with van der Waals surface area (Å²) in [7, 11) is 0. The molecule has 63 heavy (non-hydrogen) atoms. The third kappa shape index (κ3) is 7.57. The van der Waals surface area contributed by atoms with Gasteiger partial charge in [-0.1, -0.05) is 78.6 Å². The van der Waals surface area contributed by atoms with Gasteiger partial charge in [-0.3, -0.25) is 39.4 Å². The molecule has 3 aromatic rings. The summed E-state index contributed by atoms with van der Waals surface area (Å²) in [5, 5.41) is 15.7. The van der Waals surface area contributed by atoms with Crippen LogP contribution in [-0.2, 0) is 35.9 Å². The molecular formula is C48H49Cl2FN6O6. The van der Waals surface area contributed by atoms with E-state index in [1.165, 1.54) is 11.0 Å². The third-order valence-corrected chi connectivity index (χ3v) is 14.9. The van der Waals surface area contributed by atoms with Crippen LogP contribution in [0.1, 0.15) is 122 Å². The molecule has 6 aliphatic rings. The molecule has 0 bridgehead atoms. The van der Waals surface area contributed by atoms with Crippen molar-refractivity contribution < 1.29 is 33.2 Å². The summed E-state index contributed by atoms with van der Waals surface area (Å²) in [5.74, 6) is 2.88. The van der Waals surface area contributed by atoms with Crippen LogP contribution in [-0.4, -0.2) is 70.6 Å². The van der Waals surface area contributed by atoms with Crippen molar-refractivity contribution in [1.29, 1.82) is 0 Å². The van der Waals surface area contributed by atoms with E-state index in [-0.39, 0.29) is 65.0 Å². The lowest BCUT2D eigenvalue weighted by Crippen LogP contribution is -2.60. The lowest BCUT2D eigenvalue weighted by Gasteiger charge is -2.47. The lowest BCUT2D eigenvalue weighted by molar-refractivity contribution is -0.137. The van der Waals surface area contributed by atoms with Crippen molar-refractivity contribution in [1.82, 2.24) is 26.2 Å². The predicted molar refractivity (Wildman–Crippen MR) is 234 cm³/mol. The lowest BCUT2D eigenvalue weighted by atomic mass is 9.55. The molecule has 15 heteroatoms. The molecule has 6 amide bonds. The maximum atomic E-state index is 16.3. The Balaban J connectivity index is 0.815. The highest BCUT2D eigenvalue weighted by molar-refractivity contribution is 6.31. The summed E-state index contributed by atoms with van der Waals surface area (Å²) >= 11 is 12.8. The normalized spacial score (nSPS) is 27.0. The Morgan fingerprint density at radius 3 is 2.46 bits per heavy atom. The zero-order valence-corrected chi connectivity index (χ0v) is 36.2. The Morgan fingerprint density at radius 1 is 0.905 bits per heavy atom. The number of rotatable bonds is 8. The average Bonchev–Trinajstić information content (AvgIpc) is 3.87. The molecule has 3 aromatic carbocycles. The first-order valence-corrected chi connectivity index (χ1v) is 22.8. The number of benzene rings is 3. The Morgan fingerprint density at radius 2 is 1.68 bits per heavy atom. The first kappa shape index (κ1) is 43.0. The minimum atomic E-state index is -1.31. The number of unbranched alkanes of at least 4 members (excludes halogenated alkanes) is 1. The van der Waals surface area contributed by atoms with E-state index in [1.807, 2.05) is 12.1 Å². The highest BCUT2D eigenvalue weighted by Gasteiger charge is 2.72. The van der Waals surface area contributed by atoms with Gasteiger partial charge in [-0.2, -0.15) is 0 Å². The van der Waals surface area contributed by atoms with Crippen LogP contribution in [0.2, 0.25) is 10.0 Å². The van der Waals surface area contributed by atoms with Crippen LogP contribution in [0, 0.1) is 23.6 Å². The Kier molecular flexibility index (Phi) is 11.8. The maximum absolute atomic E-state index is 16.3. The van der Waals surface area contributed by atoms with Gasteiger partial charge >= 0.3 is 0 Å². The number of carbonyl (C=O) groups is 6. The van der Waals surface area contributed by atoms with Crippen LogP contribution in [0.25, 0.3) is 0 Å². The monoisotopic (exact) mass is 894 g/mol. The standard InChI is InChI=1S/C48H49Cl2FN6O6/c49-29-16-19-34-36(25-29)54-46(63)48(34)39(32-12-8-13-35(50)40(32)51)41(56-47(48)22-4-2-5-23-47)44(61)53-30-17-14-28(15-18-30)42(59)52-24-6-1-3-9-27-10-7-11-31-33(27)26-57(45(31)62)37-20-21-38(58)55-43(37)60/h7-8,10-13,16,19,25,28,30,37,39,41,56H,1-2,4-6,14-15,17-18,20-24,26H2,(H,52,59)(H,53,61)(H,54,63)(H,55,58,60)/t28-,30-,37?,39-,41+,48+/m0/s1. The SMILES string of the molecule is O=C1CCC(N2Cc3c(C#CCCCNC(=O)[C@H]4CC[C@H](NC(=O)[C@@H]5NC6(CCCCC6)[C@@]6(C(=O)Nc7cc(Cl)ccc76)[C@H]5c5cccc(Cl)c5F)CC4)cccc3C2=O)C(=O)N1. The third-order valence-electron chi connectivity index (χ3n) is 14.3. The second kappa shape index (κ2) is 17.4. The van der Waals surface area contributed by atoms with Crippen LogP contribution >= 0.6 is 23.2 Å². The fourth-order valence-electron chi connectivity index (χ4n) is 11.4. The van der Waals surface area contributed by atoms with Crippen molar-refractivity contribution in [3.05, 3.63) is 98.3 Å². The Labute approximate surface area is 375 Å². The minimum Gasteiger partial charge on any atom is -0.356 e. The van der Waals surface area contributed by atoms with E-state index < -0.39 is 40.7 Å². The molecule has 2 saturated carbocycles. The van der Waals surface area contributed by atoms with Gasteiger partial charge in [0.05, 0.1) is 11.1 Å². The summed E-state index contributed by atoms with van der Waals surface area (Å²) in [6.07, 6.45) is 7.89. The van der Waals surface area contributed by atoms with Crippen LogP contribution in [0.3, 0.4) is 0 Å². The molecule has 4 fully saturated rings. The minimum absolute atomic E-state index is 0.0400. The molecule has 1 unspecified atom stereocenters. The van der Waals surface area contributed by atoms with Gasteiger partial charge in [-0.25, -0.2) is 4.39 Å². The summed E-state index contributed by atoms with van der Waals surface area (Å²) in [6.45, 7) is 0.694. The first-order chi connectivity index (χ1) is 30.4. The Bertz CT molecular complexity index is 2470. The summed E-state index contributed by atoms with van der Waals surface area (Å²) < 4.78 is 16.3. The van der Waals surface area contributed by atoms with E-state index >= 15 is 4.39 Å². The zero-order chi connectivity index (χ0) is 44.0. The van der Waals surface area contributed by atoms with Crippen LogP contribution in [0.5, 0.6) is 0 Å². The van der Waals surface area contributed by atoms with E-state index in [4.69, 9.17) is 23.2 Å². The van der Waals surface area contributed by atoms with Gasteiger partial charge in [-0.05, 0) is 98.4 Å². The molecule has 4 atom stereocenters. The quantitative estimate of drug-likeness (QED) is 0.103. The molecule has 4 heterocycles. The molecule has 2 aliphatic carbocycles. The molecular weight excluding hydrogens is 846 g/mol. The van der Waals surface area contributed by atoms with Gasteiger partial charge in [0.25, 0.3) is 5.91 Å². The topological polar surface area (TPSA) is 166 Å². The first-order valence-electron chi connectivity index (χ1n) is 22.1. The second-order valence-electron chi connectivity index (χ2n) is 17.8. The van der Waals surface area contributed by atoms with Gasteiger partial charge in [0.2, 0.25) is 29.5 Å². The molecule has 2 saturated heterocycles. The average molecular weight is 896 g/mol. The molecule has 5 N–H and O–H groups in total. The van der Waals surface area contributed by atoms with Crippen molar-refractivity contribution in [3.8, 4) is 11.8 Å². The highest BCUT2D eigenvalue weighted by atomic mass is 35.5. The van der Waals surface area contributed by atoms with Gasteiger partial charge in [0, 0.05) is 71.2 Å². The number of piperidine rings is 1. The van der Waals surface area contributed by atoms with Gasteiger partial charge in [0.1, 0.15) is 17.3 Å². The number of nitrogens with one attached hydrogen (secondary N) is 5. The van der Waals surface area contributed by atoms with Gasteiger partial charge < -0.3 is 20.9 Å². The number of amides is 6. The van der Waals surface area contributed by atoms with Gasteiger partial charge in [0.15, 0.2) is 0 Å². The van der Waals surface area contributed by atoms with Crippen molar-refractivity contribution in [3.63, 3.8) is 0 Å². The van der Waals surface area contributed by atoms with Crippen LogP contribution in [0.4, 0.5) is 10.1 Å². The molecule has 2 spiro atoms. The van der Waals surface area contributed by atoms with Crippen molar-refractivity contribution in [2.75, 3.05) is 11.9 Å². The van der Waals surface area contributed by atoms with Crippen LogP contribution in [0.15, 0.2) is 54.6 Å². The van der Waals surface area contributed by atoms with Crippen molar-refractivity contribution >= 4 is 64.3 Å². The smallest absolute Gasteiger partial charge is 0.255 e. The second-order valence-corrected chi connectivity index (χ2v) is 18.7. The van der Waals surface area contributed by atoms with Gasteiger partial charge in [-0.15, -0.1) is 0 Å². The van der Waals surface area contributed by atoms with E-state index in [9.17, 15) is 28.8 Å². The largest absolute Gasteiger partial charge is 0.356 e. The fraction of sp³-hybridized carbons (Fsp3) is 0.458. The number of carbonyl (C=O) groups excluding carboxylic acids is 6. The number of anilines is 1. The predicted octanol–water partition coefficient (Wildman–Crippen LogP) is 6.17. The van der Waals surface area contributed by atoms with Crippen molar-refractivity contribution in [2.45, 2.75) is 125 Å². The van der Waals surface area contributed by atoms with E-state index in [0.29, 0.717) is 91.7 Å². The molecule has 0 radical (unpaired) electrons.